The molecule has 1 heterocycles. The van der Waals surface area contributed by atoms with E-state index in [9.17, 15) is 0 Å². The number of piperidine rings is 1. The molecule has 0 bridgehead atoms. The van der Waals surface area contributed by atoms with E-state index in [0.717, 1.165) is 25.2 Å². The van der Waals surface area contributed by atoms with Crippen molar-refractivity contribution >= 4 is 35.6 Å². The predicted molar refractivity (Wildman–Crippen MR) is 113 cm³/mol. The smallest absolute Gasteiger partial charge is 0.193 e. The topological polar surface area (TPSA) is 53.6 Å². The monoisotopic (exact) mass is 442 g/mol. The van der Waals surface area contributed by atoms with E-state index in [1.54, 1.807) is 0 Å². The zero-order chi connectivity index (χ0) is 16.1. The number of guanidine groups is 1. The van der Waals surface area contributed by atoms with E-state index >= 15 is 0 Å². The number of likely N-dealkylation sites (tertiary alicyclic amines) is 1. The summed E-state index contributed by atoms with van der Waals surface area (Å²) >= 11 is 0. The highest BCUT2D eigenvalue weighted by Crippen LogP contribution is 2.27. The maximum Gasteiger partial charge on any atom is 0.193 e. The zero-order valence-corrected chi connectivity index (χ0v) is 17.1. The average molecular weight is 442 g/mol. The summed E-state index contributed by atoms with van der Waals surface area (Å²) in [5, 5.41) is 3.35. The van der Waals surface area contributed by atoms with Crippen LogP contribution in [-0.4, -0.2) is 36.5 Å². The van der Waals surface area contributed by atoms with E-state index in [1.165, 1.54) is 56.2 Å². The molecule has 134 valence electrons. The van der Waals surface area contributed by atoms with E-state index in [4.69, 9.17) is 5.73 Å². The molecule has 5 heteroatoms. The second kappa shape index (κ2) is 9.61. The lowest BCUT2D eigenvalue weighted by Gasteiger charge is -2.33. The van der Waals surface area contributed by atoms with Gasteiger partial charge < -0.3 is 11.1 Å². The quantitative estimate of drug-likeness (QED) is 0.424. The molecule has 1 aromatic rings. The Bertz CT molecular complexity index is 558. The highest BCUT2D eigenvalue weighted by molar-refractivity contribution is 14.0. The summed E-state index contributed by atoms with van der Waals surface area (Å²) in [4.78, 5) is 7.16. The standard InChI is InChI=1S/C19H30N4.HI/c1-2-23-13-6-5-10-16(23)14-21-19(20)22-18-12-7-9-15-8-3-4-11-17(15)18;/h7,9,12,16H,2-6,8,10-11,13-14H2,1H3,(H3,20,21,22);1H. The Morgan fingerprint density at radius 2 is 2.08 bits per heavy atom. The fourth-order valence-electron chi connectivity index (χ4n) is 3.96. The van der Waals surface area contributed by atoms with Crippen LogP contribution in [0.3, 0.4) is 0 Å². The molecule has 1 saturated heterocycles. The van der Waals surface area contributed by atoms with Gasteiger partial charge in [0, 0.05) is 11.7 Å². The Kier molecular flexibility index (Phi) is 7.81. The minimum Gasteiger partial charge on any atom is -0.370 e. The summed E-state index contributed by atoms with van der Waals surface area (Å²) in [7, 11) is 0. The number of nitrogens with zero attached hydrogens (tertiary/aromatic N) is 2. The molecule has 1 unspecified atom stereocenters. The average Bonchev–Trinajstić information content (AvgIpc) is 2.60. The van der Waals surface area contributed by atoms with Gasteiger partial charge in [0.1, 0.15) is 0 Å². The van der Waals surface area contributed by atoms with Gasteiger partial charge in [-0.2, -0.15) is 0 Å². The van der Waals surface area contributed by atoms with Gasteiger partial charge in [0.05, 0.1) is 6.54 Å². The van der Waals surface area contributed by atoms with Crippen molar-refractivity contribution in [2.75, 3.05) is 25.0 Å². The Labute approximate surface area is 163 Å². The second-order valence-corrected chi connectivity index (χ2v) is 6.78. The first-order chi connectivity index (χ1) is 11.3. The van der Waals surface area contributed by atoms with Crippen molar-refractivity contribution in [3.63, 3.8) is 0 Å². The molecule has 1 aromatic carbocycles. The number of benzene rings is 1. The van der Waals surface area contributed by atoms with E-state index in [-0.39, 0.29) is 24.0 Å². The molecule has 2 aliphatic rings. The molecule has 4 nitrogen and oxygen atoms in total. The molecule has 1 fully saturated rings. The summed E-state index contributed by atoms with van der Waals surface area (Å²) in [6.45, 7) is 5.36. The fourth-order valence-corrected chi connectivity index (χ4v) is 3.96. The van der Waals surface area contributed by atoms with Gasteiger partial charge in [-0.25, -0.2) is 0 Å². The van der Waals surface area contributed by atoms with Gasteiger partial charge in [0.25, 0.3) is 0 Å². The van der Waals surface area contributed by atoms with Crippen LogP contribution in [0.15, 0.2) is 23.2 Å². The van der Waals surface area contributed by atoms with Crippen LogP contribution in [-0.2, 0) is 12.8 Å². The van der Waals surface area contributed by atoms with E-state index in [2.05, 4.69) is 40.3 Å². The number of hydrogen-bond donors (Lipinski definition) is 2. The fraction of sp³-hybridized carbons (Fsp3) is 0.632. The van der Waals surface area contributed by atoms with Crippen molar-refractivity contribution in [2.45, 2.75) is 57.9 Å². The number of hydrogen-bond acceptors (Lipinski definition) is 2. The maximum atomic E-state index is 6.16. The van der Waals surface area contributed by atoms with Gasteiger partial charge in [0.2, 0.25) is 0 Å². The Morgan fingerprint density at radius 3 is 2.92 bits per heavy atom. The van der Waals surface area contributed by atoms with Crippen LogP contribution in [0.4, 0.5) is 5.69 Å². The number of nitrogens with two attached hydrogens (primary N) is 1. The molecule has 1 aliphatic carbocycles. The molecular formula is C19H31IN4. The number of aryl methyl sites for hydroxylation is 1. The summed E-state index contributed by atoms with van der Waals surface area (Å²) in [6.07, 6.45) is 8.79. The molecule has 0 amide bonds. The zero-order valence-electron chi connectivity index (χ0n) is 14.8. The minimum absolute atomic E-state index is 0. The summed E-state index contributed by atoms with van der Waals surface area (Å²) in [6, 6.07) is 7.05. The molecule has 1 aliphatic heterocycles. The first-order valence-corrected chi connectivity index (χ1v) is 9.19. The van der Waals surface area contributed by atoms with Crippen LogP contribution in [0.25, 0.3) is 0 Å². The number of rotatable bonds is 4. The molecule has 1 atom stereocenters. The molecule has 3 N–H and O–H groups in total. The highest BCUT2D eigenvalue weighted by atomic mass is 127. The third-order valence-corrected chi connectivity index (χ3v) is 5.29. The van der Waals surface area contributed by atoms with Crippen LogP contribution < -0.4 is 11.1 Å². The van der Waals surface area contributed by atoms with Gasteiger partial charge in [-0.3, -0.25) is 9.89 Å². The predicted octanol–water partition coefficient (Wildman–Crippen LogP) is 3.78. The Morgan fingerprint density at radius 1 is 1.25 bits per heavy atom. The molecule has 0 radical (unpaired) electrons. The first-order valence-electron chi connectivity index (χ1n) is 9.19. The Hall–Kier alpha value is -0.820. The molecule has 0 aromatic heterocycles. The van der Waals surface area contributed by atoms with Crippen LogP contribution in [0.2, 0.25) is 0 Å². The number of likely N-dealkylation sites (N-methyl/N-ethyl adjacent to an activating group) is 1. The van der Waals surface area contributed by atoms with Crippen LogP contribution >= 0.6 is 24.0 Å². The summed E-state index contributed by atoms with van der Waals surface area (Å²) in [5.74, 6) is 0.561. The summed E-state index contributed by atoms with van der Waals surface area (Å²) < 4.78 is 0. The maximum absolute atomic E-state index is 6.16. The van der Waals surface area contributed by atoms with Crippen molar-refractivity contribution in [3.8, 4) is 0 Å². The molecule has 24 heavy (non-hydrogen) atoms. The largest absolute Gasteiger partial charge is 0.370 e. The van der Waals surface area contributed by atoms with Crippen molar-refractivity contribution in [3.05, 3.63) is 29.3 Å². The van der Waals surface area contributed by atoms with Gasteiger partial charge in [-0.1, -0.05) is 25.5 Å². The van der Waals surface area contributed by atoms with Crippen LogP contribution in [0.5, 0.6) is 0 Å². The van der Waals surface area contributed by atoms with E-state index in [1.807, 2.05) is 0 Å². The number of anilines is 1. The van der Waals surface area contributed by atoms with Crippen molar-refractivity contribution in [1.29, 1.82) is 0 Å². The van der Waals surface area contributed by atoms with Gasteiger partial charge in [-0.15, -0.1) is 24.0 Å². The molecule has 0 spiro atoms. The van der Waals surface area contributed by atoms with Crippen molar-refractivity contribution < 1.29 is 0 Å². The number of nitrogens with one attached hydrogen (secondary N) is 1. The minimum atomic E-state index is 0. The first kappa shape index (κ1) is 19.5. The lowest BCUT2D eigenvalue weighted by molar-refractivity contribution is 0.161. The third kappa shape index (κ3) is 4.85. The molecule has 0 saturated carbocycles. The van der Waals surface area contributed by atoms with Crippen LogP contribution in [0, 0.1) is 0 Å². The Balaban J connectivity index is 0.00000208. The van der Waals surface area contributed by atoms with Gasteiger partial charge >= 0.3 is 0 Å². The second-order valence-electron chi connectivity index (χ2n) is 6.78. The number of aliphatic imine (C=N–C) groups is 1. The number of halogens is 1. The van der Waals surface area contributed by atoms with Gasteiger partial charge in [0.15, 0.2) is 5.96 Å². The normalized spacial score (nSPS) is 21.7. The van der Waals surface area contributed by atoms with Crippen molar-refractivity contribution in [2.24, 2.45) is 10.7 Å². The number of fused-ring (bicyclic) bond motifs is 1. The molecular weight excluding hydrogens is 411 g/mol. The van der Waals surface area contributed by atoms with Crippen molar-refractivity contribution in [1.82, 2.24) is 4.90 Å². The van der Waals surface area contributed by atoms with Gasteiger partial charge in [-0.05, 0) is 68.8 Å². The summed E-state index contributed by atoms with van der Waals surface area (Å²) in [5.41, 5.74) is 10.2. The van der Waals surface area contributed by atoms with E-state index < -0.39 is 0 Å². The lowest BCUT2D eigenvalue weighted by Crippen LogP contribution is -2.41. The van der Waals surface area contributed by atoms with Crippen LogP contribution in [0.1, 0.15) is 50.2 Å². The van der Waals surface area contributed by atoms with E-state index in [0.29, 0.717) is 12.0 Å². The third-order valence-electron chi connectivity index (χ3n) is 5.29. The molecule has 3 rings (SSSR count). The SMILES string of the molecule is CCN1CCCCC1CN=C(N)Nc1cccc2c1CCCC2.I. The lowest BCUT2D eigenvalue weighted by atomic mass is 9.90. The highest BCUT2D eigenvalue weighted by Gasteiger charge is 2.20.